The summed E-state index contributed by atoms with van der Waals surface area (Å²) in [6, 6.07) is 15.6. The van der Waals surface area contributed by atoms with Crippen LogP contribution in [0.3, 0.4) is 0 Å². The van der Waals surface area contributed by atoms with Crippen molar-refractivity contribution in [2.24, 2.45) is 0 Å². The molecule has 5 rings (SSSR count). The normalized spacial score (nSPS) is 13.4. The summed E-state index contributed by atoms with van der Waals surface area (Å²) in [5.41, 5.74) is 0.871. The molecule has 162 valence electrons. The Bertz CT molecular complexity index is 1370. The Labute approximate surface area is 188 Å². The minimum Gasteiger partial charge on any atom is -0.333 e. The maximum atomic E-state index is 13.5. The number of hydrogen-bond acceptors (Lipinski definition) is 5. The number of amides is 1. The molecule has 4 aromatic rings. The van der Waals surface area contributed by atoms with Gasteiger partial charge in [0, 0.05) is 23.7 Å². The number of H-pyrrole nitrogens is 1. The van der Waals surface area contributed by atoms with Crippen LogP contribution in [0.2, 0.25) is 0 Å². The molecule has 1 saturated carbocycles. The summed E-state index contributed by atoms with van der Waals surface area (Å²) in [6.07, 6.45) is 3.97. The fraction of sp³-hybridized carbons (Fsp3) is 0.250. The number of hydrogen-bond donors (Lipinski definition) is 1. The monoisotopic (exact) mass is 446 g/mol. The van der Waals surface area contributed by atoms with Crippen LogP contribution in [-0.2, 0) is 13.0 Å². The van der Waals surface area contributed by atoms with Gasteiger partial charge in [0.05, 0.1) is 17.5 Å². The third-order valence-corrected chi connectivity index (χ3v) is 6.53. The van der Waals surface area contributed by atoms with Gasteiger partial charge in [-0.3, -0.25) is 19.1 Å². The summed E-state index contributed by atoms with van der Waals surface area (Å²) in [5.74, 6) is -0.188. The van der Waals surface area contributed by atoms with E-state index >= 15 is 0 Å². The summed E-state index contributed by atoms with van der Waals surface area (Å²) in [6.45, 7) is 1.02. The molecule has 8 heteroatoms. The van der Waals surface area contributed by atoms with E-state index in [4.69, 9.17) is 0 Å². The lowest BCUT2D eigenvalue weighted by atomic mass is 10.1. The Balaban J connectivity index is 1.48. The Hall–Kier alpha value is -3.52. The van der Waals surface area contributed by atoms with Crippen LogP contribution < -0.4 is 11.2 Å². The molecule has 0 unspecified atom stereocenters. The smallest absolute Gasteiger partial charge is 0.330 e. The first-order chi connectivity index (χ1) is 15.6. The Morgan fingerprint density at radius 1 is 1.16 bits per heavy atom. The van der Waals surface area contributed by atoms with E-state index in [-0.39, 0.29) is 17.3 Å². The average Bonchev–Trinajstić information content (AvgIpc) is 3.50. The minimum atomic E-state index is -0.516. The molecule has 0 saturated heterocycles. The molecule has 7 nitrogen and oxygen atoms in total. The van der Waals surface area contributed by atoms with E-state index in [2.05, 4.69) is 9.97 Å². The van der Waals surface area contributed by atoms with Crippen molar-refractivity contribution in [3.8, 4) is 0 Å². The number of nitrogens with zero attached hydrogens (tertiary/aromatic N) is 3. The molecular formula is C24H22N4O3S. The van der Waals surface area contributed by atoms with E-state index in [9.17, 15) is 14.4 Å². The second-order valence-corrected chi connectivity index (χ2v) is 9.03. The number of rotatable bonds is 7. The number of pyridine rings is 1. The van der Waals surface area contributed by atoms with E-state index in [1.54, 1.807) is 22.3 Å². The SMILES string of the molecule is O=C(c1cnc2c(c1)c(=O)[nH]c(=O)n2C1CC1)N(CCc1ccccc1)Cc1cccs1. The molecule has 1 aromatic carbocycles. The molecule has 1 aliphatic rings. The van der Waals surface area contributed by atoms with E-state index in [0.717, 1.165) is 29.7 Å². The van der Waals surface area contributed by atoms with Crippen molar-refractivity contribution in [3.05, 3.63) is 96.9 Å². The predicted octanol–water partition coefficient (Wildman–Crippen LogP) is 3.37. The molecule has 32 heavy (non-hydrogen) atoms. The van der Waals surface area contributed by atoms with E-state index in [0.29, 0.717) is 24.3 Å². The van der Waals surface area contributed by atoms with Crippen LogP contribution in [0.5, 0.6) is 0 Å². The third kappa shape index (κ3) is 4.13. The van der Waals surface area contributed by atoms with Crippen molar-refractivity contribution in [1.29, 1.82) is 0 Å². The van der Waals surface area contributed by atoms with Gasteiger partial charge in [-0.2, -0.15) is 0 Å². The van der Waals surface area contributed by atoms with Gasteiger partial charge in [0.1, 0.15) is 5.65 Å². The molecular weight excluding hydrogens is 424 g/mol. The highest BCUT2D eigenvalue weighted by Crippen LogP contribution is 2.34. The Kier molecular flexibility index (Phi) is 5.45. The molecule has 1 aliphatic carbocycles. The van der Waals surface area contributed by atoms with Crippen LogP contribution in [0.1, 0.15) is 39.7 Å². The standard InChI is InChI=1S/C24H22N4O3S/c29-22-20-13-17(14-25-21(20)28(18-8-9-18)24(31)26-22)23(30)27(15-19-7-4-12-32-19)11-10-16-5-2-1-3-6-16/h1-7,12-14,18H,8-11,15H2,(H,26,29,31). The van der Waals surface area contributed by atoms with Gasteiger partial charge in [0.25, 0.3) is 11.5 Å². The second kappa shape index (κ2) is 8.55. The molecule has 3 aromatic heterocycles. The van der Waals surface area contributed by atoms with E-state index < -0.39 is 11.2 Å². The van der Waals surface area contributed by atoms with Gasteiger partial charge in [0.2, 0.25) is 0 Å². The first-order valence-corrected chi connectivity index (χ1v) is 11.5. The van der Waals surface area contributed by atoms with Gasteiger partial charge in [0.15, 0.2) is 0 Å². The first kappa shape index (κ1) is 20.4. The molecule has 1 amide bonds. The van der Waals surface area contributed by atoms with Crippen LogP contribution in [0, 0.1) is 0 Å². The van der Waals surface area contributed by atoms with E-state index in [1.807, 2.05) is 47.8 Å². The number of fused-ring (bicyclic) bond motifs is 1. The molecule has 0 aliphatic heterocycles. The zero-order valence-electron chi connectivity index (χ0n) is 17.4. The highest BCUT2D eigenvalue weighted by molar-refractivity contribution is 7.09. The van der Waals surface area contributed by atoms with Crippen molar-refractivity contribution < 1.29 is 4.79 Å². The largest absolute Gasteiger partial charge is 0.333 e. The molecule has 1 N–H and O–H groups in total. The van der Waals surface area contributed by atoms with Gasteiger partial charge in [-0.15, -0.1) is 11.3 Å². The van der Waals surface area contributed by atoms with Crippen molar-refractivity contribution in [2.45, 2.75) is 31.8 Å². The quantitative estimate of drug-likeness (QED) is 0.472. The topological polar surface area (TPSA) is 88.1 Å². The van der Waals surface area contributed by atoms with Gasteiger partial charge in [-0.05, 0) is 42.3 Å². The molecule has 0 spiro atoms. The summed E-state index contributed by atoms with van der Waals surface area (Å²) < 4.78 is 1.53. The lowest BCUT2D eigenvalue weighted by molar-refractivity contribution is 0.0746. The number of aromatic amines is 1. The number of benzene rings is 1. The van der Waals surface area contributed by atoms with Crippen LogP contribution >= 0.6 is 11.3 Å². The van der Waals surface area contributed by atoms with Crippen molar-refractivity contribution >= 4 is 28.3 Å². The number of carbonyl (C=O) groups excluding carboxylic acids is 1. The van der Waals surface area contributed by atoms with Crippen molar-refractivity contribution in [2.75, 3.05) is 6.54 Å². The fourth-order valence-corrected chi connectivity index (χ4v) is 4.58. The van der Waals surface area contributed by atoms with Gasteiger partial charge in [-0.1, -0.05) is 36.4 Å². The maximum absolute atomic E-state index is 13.5. The van der Waals surface area contributed by atoms with Crippen molar-refractivity contribution in [1.82, 2.24) is 19.4 Å². The molecule has 3 heterocycles. The van der Waals surface area contributed by atoms with Crippen LogP contribution in [-0.4, -0.2) is 31.9 Å². The van der Waals surface area contributed by atoms with Gasteiger partial charge < -0.3 is 4.90 Å². The Morgan fingerprint density at radius 3 is 2.69 bits per heavy atom. The second-order valence-electron chi connectivity index (χ2n) is 8.00. The molecule has 0 radical (unpaired) electrons. The van der Waals surface area contributed by atoms with Crippen LogP contribution in [0.4, 0.5) is 0 Å². The number of aromatic nitrogens is 3. The molecule has 0 atom stereocenters. The van der Waals surface area contributed by atoms with Crippen molar-refractivity contribution in [3.63, 3.8) is 0 Å². The maximum Gasteiger partial charge on any atom is 0.330 e. The number of carbonyl (C=O) groups is 1. The average molecular weight is 447 g/mol. The Morgan fingerprint density at radius 2 is 1.97 bits per heavy atom. The summed E-state index contributed by atoms with van der Waals surface area (Å²) in [7, 11) is 0. The molecule has 1 fully saturated rings. The predicted molar refractivity (Wildman–Crippen MR) is 124 cm³/mol. The van der Waals surface area contributed by atoms with Gasteiger partial charge in [-0.25, -0.2) is 9.78 Å². The summed E-state index contributed by atoms with van der Waals surface area (Å²) in [5, 5.41) is 2.25. The minimum absolute atomic E-state index is 0.0668. The zero-order chi connectivity index (χ0) is 22.1. The van der Waals surface area contributed by atoms with Gasteiger partial charge >= 0.3 is 5.69 Å². The van der Waals surface area contributed by atoms with Crippen LogP contribution in [0.25, 0.3) is 11.0 Å². The third-order valence-electron chi connectivity index (χ3n) is 5.66. The fourth-order valence-electron chi connectivity index (χ4n) is 3.86. The van der Waals surface area contributed by atoms with E-state index in [1.165, 1.54) is 10.8 Å². The lowest BCUT2D eigenvalue weighted by Gasteiger charge is -2.22. The number of nitrogens with one attached hydrogen (secondary N) is 1. The summed E-state index contributed by atoms with van der Waals surface area (Å²) >= 11 is 1.60. The van der Waals surface area contributed by atoms with Crippen LogP contribution in [0.15, 0.2) is 69.7 Å². The highest BCUT2D eigenvalue weighted by atomic mass is 32.1. The first-order valence-electron chi connectivity index (χ1n) is 10.6. The molecule has 0 bridgehead atoms. The lowest BCUT2D eigenvalue weighted by Crippen LogP contribution is -2.33. The number of thiophene rings is 1. The highest BCUT2D eigenvalue weighted by Gasteiger charge is 2.28. The summed E-state index contributed by atoms with van der Waals surface area (Å²) in [4.78, 5) is 47.8. The zero-order valence-corrected chi connectivity index (χ0v) is 18.2.